The van der Waals surface area contributed by atoms with Gasteiger partial charge in [-0.15, -0.1) is 0 Å². The zero-order valence-electron chi connectivity index (χ0n) is 19.4. The van der Waals surface area contributed by atoms with E-state index in [1.54, 1.807) is 0 Å². The predicted octanol–water partition coefficient (Wildman–Crippen LogP) is -1.69. The second-order valence-corrected chi connectivity index (χ2v) is 8.41. The summed E-state index contributed by atoms with van der Waals surface area (Å²) in [5.41, 5.74) is 6.27. The number of hydrogen-bond donors (Lipinski definition) is 8. The van der Waals surface area contributed by atoms with Crippen LogP contribution in [0.5, 0.6) is 5.75 Å². The third-order valence-corrected chi connectivity index (χ3v) is 4.88. The fraction of sp³-hybridized carbons (Fsp3) is 0.500. The van der Waals surface area contributed by atoms with Crippen LogP contribution >= 0.6 is 0 Å². The number of carbonyl (C=O) groups excluding carboxylic acids is 3. The lowest BCUT2D eigenvalue weighted by molar-refractivity contribution is -0.144. The third kappa shape index (κ3) is 10.4. The molecule has 1 aromatic rings. The van der Waals surface area contributed by atoms with Gasteiger partial charge in [-0.25, -0.2) is 4.79 Å². The van der Waals surface area contributed by atoms with E-state index in [0.717, 1.165) is 0 Å². The molecule has 3 amide bonds. The number of aromatic hydroxyl groups is 1. The summed E-state index contributed by atoms with van der Waals surface area (Å²) in [7, 11) is 0. The molecule has 0 saturated heterocycles. The molecule has 194 valence electrons. The Labute approximate surface area is 201 Å². The van der Waals surface area contributed by atoms with Crippen molar-refractivity contribution in [1.82, 2.24) is 16.0 Å². The second-order valence-electron chi connectivity index (χ2n) is 8.41. The molecule has 0 aliphatic heterocycles. The van der Waals surface area contributed by atoms with E-state index in [1.807, 2.05) is 13.8 Å². The van der Waals surface area contributed by atoms with Gasteiger partial charge in [0.25, 0.3) is 0 Å². The Kier molecular flexibility index (Phi) is 11.6. The molecule has 0 heterocycles. The number of aliphatic hydroxyl groups excluding tert-OH is 1. The van der Waals surface area contributed by atoms with Gasteiger partial charge in [-0.2, -0.15) is 0 Å². The molecule has 13 heteroatoms. The molecule has 0 bridgehead atoms. The molecule has 1 rings (SSSR count). The van der Waals surface area contributed by atoms with E-state index in [4.69, 9.17) is 10.8 Å². The number of rotatable bonds is 14. The minimum Gasteiger partial charge on any atom is -0.508 e. The topological polar surface area (TPSA) is 228 Å². The molecule has 0 aliphatic rings. The van der Waals surface area contributed by atoms with Crippen LogP contribution in [0.1, 0.15) is 32.3 Å². The maximum atomic E-state index is 12.9. The second kappa shape index (κ2) is 13.9. The maximum absolute atomic E-state index is 12.9. The maximum Gasteiger partial charge on any atom is 0.328 e. The first-order chi connectivity index (χ1) is 16.3. The number of phenols is 1. The highest BCUT2D eigenvalue weighted by Gasteiger charge is 2.31. The van der Waals surface area contributed by atoms with Crippen molar-refractivity contribution in [3.63, 3.8) is 0 Å². The minimum absolute atomic E-state index is 0.0491. The third-order valence-electron chi connectivity index (χ3n) is 4.88. The number of carbonyl (C=O) groups is 5. The molecular formula is C22H32N4O9. The number of benzene rings is 1. The molecule has 9 N–H and O–H groups in total. The number of nitrogens with two attached hydrogens (primary N) is 1. The minimum atomic E-state index is -1.65. The number of aliphatic carboxylic acids is 2. The van der Waals surface area contributed by atoms with Crippen LogP contribution in [0.4, 0.5) is 0 Å². The molecule has 0 saturated carbocycles. The Morgan fingerprint density at radius 3 is 1.86 bits per heavy atom. The molecule has 0 spiro atoms. The van der Waals surface area contributed by atoms with Crippen molar-refractivity contribution in [2.45, 2.75) is 57.3 Å². The number of carboxylic acids is 2. The molecule has 4 atom stereocenters. The van der Waals surface area contributed by atoms with Gasteiger partial charge in [0.2, 0.25) is 17.7 Å². The van der Waals surface area contributed by atoms with Crippen LogP contribution in [0.15, 0.2) is 24.3 Å². The zero-order valence-corrected chi connectivity index (χ0v) is 19.4. The van der Waals surface area contributed by atoms with Gasteiger partial charge in [0, 0.05) is 6.42 Å². The standard InChI is InChI=1S/C22H32N4O9/c1-11(2)7-14(23)19(31)24-16(9-18(29)30)21(33)25-15(8-12-3-5-13(28)6-4-12)20(32)26-17(10-27)22(34)35/h3-6,11,14-17,27-28H,7-10,23H2,1-2H3,(H,24,31)(H,25,33)(H,26,32)(H,29,30)(H,34,35). The van der Waals surface area contributed by atoms with Crippen LogP contribution in [0.25, 0.3) is 0 Å². The Bertz CT molecular complexity index is 905. The van der Waals surface area contributed by atoms with Gasteiger partial charge >= 0.3 is 11.9 Å². The quantitative estimate of drug-likeness (QED) is 0.146. The molecule has 35 heavy (non-hydrogen) atoms. The van der Waals surface area contributed by atoms with Crippen molar-refractivity contribution in [3.05, 3.63) is 29.8 Å². The Balaban J connectivity index is 3.12. The van der Waals surface area contributed by atoms with Crippen molar-refractivity contribution in [3.8, 4) is 5.75 Å². The van der Waals surface area contributed by atoms with Gasteiger partial charge in [0.05, 0.1) is 19.1 Å². The van der Waals surface area contributed by atoms with Crippen molar-refractivity contribution < 1.29 is 44.4 Å². The average molecular weight is 497 g/mol. The largest absolute Gasteiger partial charge is 0.508 e. The zero-order chi connectivity index (χ0) is 26.7. The summed E-state index contributed by atoms with van der Waals surface area (Å²) in [6.07, 6.45) is -0.680. The lowest BCUT2D eigenvalue weighted by Gasteiger charge is -2.24. The van der Waals surface area contributed by atoms with Gasteiger partial charge in [-0.3, -0.25) is 19.2 Å². The van der Waals surface area contributed by atoms with Crippen LogP contribution in [0, 0.1) is 5.92 Å². The molecule has 0 fully saturated rings. The molecule has 1 aromatic carbocycles. The summed E-state index contributed by atoms with van der Waals surface area (Å²) < 4.78 is 0. The summed E-state index contributed by atoms with van der Waals surface area (Å²) in [6.45, 7) is 2.75. The van der Waals surface area contributed by atoms with Crippen molar-refractivity contribution in [2.75, 3.05) is 6.61 Å². The van der Waals surface area contributed by atoms with Crippen molar-refractivity contribution in [2.24, 2.45) is 11.7 Å². The molecule has 0 radical (unpaired) electrons. The smallest absolute Gasteiger partial charge is 0.328 e. The number of carboxylic acid groups (broad SMARTS) is 2. The SMILES string of the molecule is CC(C)CC(N)C(=O)NC(CC(=O)O)C(=O)NC(Cc1ccc(O)cc1)C(=O)NC(CO)C(=O)O. The predicted molar refractivity (Wildman–Crippen MR) is 122 cm³/mol. The monoisotopic (exact) mass is 496 g/mol. The molecule has 0 aromatic heterocycles. The lowest BCUT2D eigenvalue weighted by atomic mass is 10.0. The van der Waals surface area contributed by atoms with Crippen LogP contribution in [0.3, 0.4) is 0 Å². The van der Waals surface area contributed by atoms with Crippen molar-refractivity contribution in [1.29, 1.82) is 0 Å². The number of hydrogen-bond acceptors (Lipinski definition) is 8. The first kappa shape index (κ1) is 29.3. The van der Waals surface area contributed by atoms with Gasteiger partial charge in [0.15, 0.2) is 0 Å². The van der Waals surface area contributed by atoms with E-state index in [1.165, 1.54) is 24.3 Å². The first-order valence-corrected chi connectivity index (χ1v) is 10.8. The highest BCUT2D eigenvalue weighted by atomic mass is 16.4. The van der Waals surface area contributed by atoms with Crippen molar-refractivity contribution >= 4 is 29.7 Å². The summed E-state index contributed by atoms with van der Waals surface area (Å²) in [6, 6.07) is -0.0124. The normalized spacial score (nSPS) is 14.3. The fourth-order valence-electron chi connectivity index (χ4n) is 3.08. The fourth-order valence-corrected chi connectivity index (χ4v) is 3.08. The van der Waals surface area contributed by atoms with Gasteiger partial charge in [-0.1, -0.05) is 26.0 Å². The van der Waals surface area contributed by atoms with Gasteiger partial charge in [0.1, 0.15) is 23.9 Å². The van der Waals surface area contributed by atoms with Crippen LogP contribution in [-0.2, 0) is 30.4 Å². The average Bonchev–Trinajstić information content (AvgIpc) is 2.76. The van der Waals surface area contributed by atoms with E-state index in [-0.39, 0.29) is 24.5 Å². The van der Waals surface area contributed by atoms with E-state index in [0.29, 0.717) is 5.56 Å². The highest BCUT2D eigenvalue weighted by molar-refractivity contribution is 5.95. The van der Waals surface area contributed by atoms with Gasteiger partial charge < -0.3 is 42.1 Å². The van der Waals surface area contributed by atoms with Gasteiger partial charge in [-0.05, 0) is 30.0 Å². The molecule has 4 unspecified atom stereocenters. The molecule has 13 nitrogen and oxygen atoms in total. The van der Waals surface area contributed by atoms with E-state index >= 15 is 0 Å². The molecular weight excluding hydrogens is 464 g/mol. The van der Waals surface area contributed by atoms with E-state index < -0.39 is 66.9 Å². The number of amides is 3. The summed E-state index contributed by atoms with van der Waals surface area (Å²) in [5.74, 6) is -5.61. The summed E-state index contributed by atoms with van der Waals surface area (Å²) in [4.78, 5) is 60.5. The first-order valence-electron chi connectivity index (χ1n) is 10.8. The van der Waals surface area contributed by atoms with E-state index in [9.17, 15) is 39.3 Å². The number of nitrogens with one attached hydrogen (secondary N) is 3. The van der Waals surface area contributed by atoms with Crippen LogP contribution in [0.2, 0.25) is 0 Å². The number of aliphatic hydroxyl groups is 1. The lowest BCUT2D eigenvalue weighted by Crippen LogP contribution is -2.58. The van der Waals surface area contributed by atoms with Crippen LogP contribution in [-0.4, -0.2) is 80.9 Å². The molecule has 0 aliphatic carbocycles. The summed E-state index contributed by atoms with van der Waals surface area (Å²) >= 11 is 0. The Morgan fingerprint density at radius 1 is 0.857 bits per heavy atom. The van der Waals surface area contributed by atoms with E-state index in [2.05, 4.69) is 16.0 Å². The number of phenolic OH excluding ortho intramolecular Hbond substituents is 1. The Hall–Kier alpha value is -3.71. The van der Waals surface area contributed by atoms with Crippen LogP contribution < -0.4 is 21.7 Å². The Morgan fingerprint density at radius 2 is 1.37 bits per heavy atom. The highest BCUT2D eigenvalue weighted by Crippen LogP contribution is 2.12. The summed E-state index contributed by atoms with van der Waals surface area (Å²) in [5, 5.41) is 43.6.